The Morgan fingerprint density at radius 1 is 1.23 bits per heavy atom. The van der Waals surface area contributed by atoms with Crippen molar-refractivity contribution in [3.8, 4) is 5.75 Å². The van der Waals surface area contributed by atoms with E-state index in [1.807, 2.05) is 29.2 Å². The molecule has 0 aliphatic carbocycles. The number of methoxy groups -OCH3 is 1. The van der Waals surface area contributed by atoms with Crippen molar-refractivity contribution in [1.82, 2.24) is 4.98 Å². The number of carbonyl (C=O) groups is 1. The molecular weight excluding hydrogens is 396 g/mol. The number of ether oxygens (including phenoxy) is 2. The van der Waals surface area contributed by atoms with Crippen LogP contribution in [0.25, 0.3) is 10.2 Å². The predicted molar refractivity (Wildman–Crippen MR) is 122 cm³/mol. The minimum Gasteiger partial charge on any atom is -0.494 e. The van der Waals surface area contributed by atoms with E-state index in [9.17, 15) is 4.79 Å². The quantitative estimate of drug-likeness (QED) is 0.540. The Labute approximate surface area is 181 Å². The van der Waals surface area contributed by atoms with Gasteiger partial charge in [0.05, 0.1) is 30.9 Å². The van der Waals surface area contributed by atoms with Crippen LogP contribution in [0.15, 0.2) is 36.4 Å². The van der Waals surface area contributed by atoms with E-state index in [0.29, 0.717) is 18.1 Å². The van der Waals surface area contributed by atoms with Gasteiger partial charge in [-0.15, -0.1) is 0 Å². The lowest BCUT2D eigenvalue weighted by atomic mass is 10.1. The predicted octanol–water partition coefficient (Wildman–Crippen LogP) is 4.93. The summed E-state index contributed by atoms with van der Waals surface area (Å²) in [5.41, 5.74) is 4.24. The molecule has 2 heterocycles. The number of anilines is 1. The molecule has 2 aromatic carbocycles. The molecular formula is C24H28N2O3S. The number of rotatable bonds is 7. The number of carbonyl (C=O) groups excluding carboxylic acids is 1. The zero-order valence-electron chi connectivity index (χ0n) is 17.8. The number of nitrogens with zero attached hydrogens (tertiary/aromatic N) is 2. The Bertz CT molecular complexity index is 1020. The van der Waals surface area contributed by atoms with E-state index >= 15 is 0 Å². The first-order chi connectivity index (χ1) is 14.6. The Hall–Kier alpha value is -2.44. The Morgan fingerprint density at radius 3 is 2.67 bits per heavy atom. The van der Waals surface area contributed by atoms with Crippen LogP contribution in [-0.4, -0.2) is 37.3 Å². The summed E-state index contributed by atoms with van der Waals surface area (Å²) in [6.07, 6.45) is 3.42. The van der Waals surface area contributed by atoms with Crippen molar-refractivity contribution in [2.24, 2.45) is 0 Å². The highest BCUT2D eigenvalue weighted by molar-refractivity contribution is 7.22. The summed E-state index contributed by atoms with van der Waals surface area (Å²) < 4.78 is 12.4. The van der Waals surface area contributed by atoms with Crippen LogP contribution >= 0.6 is 11.3 Å². The molecule has 0 spiro atoms. The van der Waals surface area contributed by atoms with Gasteiger partial charge < -0.3 is 9.47 Å². The van der Waals surface area contributed by atoms with Gasteiger partial charge in [0, 0.05) is 6.61 Å². The van der Waals surface area contributed by atoms with Crippen molar-refractivity contribution >= 4 is 32.6 Å². The lowest BCUT2D eigenvalue weighted by Gasteiger charge is -2.23. The van der Waals surface area contributed by atoms with Crippen LogP contribution in [0, 0.1) is 6.92 Å². The van der Waals surface area contributed by atoms with Gasteiger partial charge in [-0.05, 0) is 48.9 Å². The SMILES string of the molecule is CCc1ccc(CC(=O)N(CC2CCCO2)c2nc3c(OC)ccc(C)c3s2)cc1. The Morgan fingerprint density at radius 2 is 2.00 bits per heavy atom. The number of thiazole rings is 1. The topological polar surface area (TPSA) is 51.7 Å². The van der Waals surface area contributed by atoms with Crippen LogP contribution in [0.5, 0.6) is 5.75 Å². The molecule has 1 fully saturated rings. The molecule has 0 radical (unpaired) electrons. The highest BCUT2D eigenvalue weighted by Gasteiger charge is 2.27. The number of fused-ring (bicyclic) bond motifs is 1. The molecule has 3 aromatic rings. The third-order valence-electron chi connectivity index (χ3n) is 5.64. The summed E-state index contributed by atoms with van der Waals surface area (Å²) in [5.74, 6) is 0.781. The van der Waals surface area contributed by atoms with Gasteiger partial charge in [0.1, 0.15) is 11.3 Å². The summed E-state index contributed by atoms with van der Waals surface area (Å²) in [7, 11) is 1.65. The van der Waals surface area contributed by atoms with Crippen molar-refractivity contribution < 1.29 is 14.3 Å². The van der Waals surface area contributed by atoms with E-state index in [0.717, 1.165) is 53.0 Å². The van der Waals surface area contributed by atoms with Crippen LogP contribution in [-0.2, 0) is 22.4 Å². The first kappa shape index (κ1) is 20.8. The van der Waals surface area contributed by atoms with Crippen molar-refractivity contribution in [3.05, 3.63) is 53.1 Å². The maximum absolute atomic E-state index is 13.4. The van der Waals surface area contributed by atoms with E-state index in [2.05, 4.69) is 26.0 Å². The fourth-order valence-corrected chi connectivity index (χ4v) is 4.90. The van der Waals surface area contributed by atoms with Crippen molar-refractivity contribution in [1.29, 1.82) is 0 Å². The normalized spacial score (nSPS) is 16.2. The zero-order valence-corrected chi connectivity index (χ0v) is 18.6. The molecule has 0 N–H and O–H groups in total. The molecule has 1 aliphatic rings. The third-order valence-corrected chi connectivity index (χ3v) is 6.85. The summed E-state index contributed by atoms with van der Waals surface area (Å²) in [6, 6.07) is 12.3. The molecule has 1 aromatic heterocycles. The van der Waals surface area contributed by atoms with Crippen LogP contribution in [0.2, 0.25) is 0 Å². The third kappa shape index (κ3) is 4.35. The van der Waals surface area contributed by atoms with Crippen LogP contribution < -0.4 is 9.64 Å². The molecule has 1 saturated heterocycles. The van der Waals surface area contributed by atoms with E-state index < -0.39 is 0 Å². The average Bonchev–Trinajstić information content (AvgIpc) is 3.43. The second-order valence-electron chi connectivity index (χ2n) is 7.75. The van der Waals surface area contributed by atoms with Gasteiger partial charge in [-0.25, -0.2) is 4.98 Å². The summed E-state index contributed by atoms with van der Waals surface area (Å²) in [5, 5.41) is 0.711. The number of hydrogen-bond donors (Lipinski definition) is 0. The van der Waals surface area contributed by atoms with E-state index in [1.54, 1.807) is 18.4 Å². The number of amides is 1. The molecule has 1 amide bonds. The average molecular weight is 425 g/mol. The second kappa shape index (κ2) is 9.14. The first-order valence-electron chi connectivity index (χ1n) is 10.5. The summed E-state index contributed by atoms with van der Waals surface area (Å²) in [4.78, 5) is 20.0. The van der Waals surface area contributed by atoms with Gasteiger partial charge in [-0.2, -0.15) is 0 Å². The monoisotopic (exact) mass is 424 g/mol. The van der Waals surface area contributed by atoms with Crippen LogP contribution in [0.4, 0.5) is 5.13 Å². The van der Waals surface area contributed by atoms with E-state index in [4.69, 9.17) is 14.5 Å². The van der Waals surface area contributed by atoms with Gasteiger partial charge in [-0.3, -0.25) is 9.69 Å². The molecule has 5 nitrogen and oxygen atoms in total. The molecule has 0 bridgehead atoms. The Kier molecular flexibility index (Phi) is 6.35. The first-order valence-corrected chi connectivity index (χ1v) is 11.3. The maximum Gasteiger partial charge on any atom is 0.233 e. The van der Waals surface area contributed by atoms with Gasteiger partial charge in [0.25, 0.3) is 0 Å². The van der Waals surface area contributed by atoms with Crippen molar-refractivity contribution in [2.45, 2.75) is 45.6 Å². The number of aryl methyl sites for hydroxylation is 2. The van der Waals surface area contributed by atoms with Crippen LogP contribution in [0.1, 0.15) is 36.5 Å². The number of benzene rings is 2. The van der Waals surface area contributed by atoms with Gasteiger partial charge in [0.15, 0.2) is 5.13 Å². The maximum atomic E-state index is 13.4. The molecule has 4 rings (SSSR count). The van der Waals surface area contributed by atoms with E-state index in [1.165, 1.54) is 5.56 Å². The van der Waals surface area contributed by atoms with Crippen molar-refractivity contribution in [2.75, 3.05) is 25.2 Å². The molecule has 30 heavy (non-hydrogen) atoms. The summed E-state index contributed by atoms with van der Waals surface area (Å²) in [6.45, 7) is 5.49. The van der Waals surface area contributed by atoms with Gasteiger partial charge in [0.2, 0.25) is 5.91 Å². The smallest absolute Gasteiger partial charge is 0.233 e. The minimum atomic E-state index is 0.0467. The molecule has 0 saturated carbocycles. The molecule has 6 heteroatoms. The second-order valence-corrected chi connectivity index (χ2v) is 8.72. The number of hydrogen-bond acceptors (Lipinski definition) is 5. The molecule has 1 aliphatic heterocycles. The van der Waals surface area contributed by atoms with E-state index in [-0.39, 0.29) is 12.0 Å². The fourth-order valence-electron chi connectivity index (χ4n) is 3.82. The van der Waals surface area contributed by atoms with Gasteiger partial charge >= 0.3 is 0 Å². The molecule has 1 atom stereocenters. The van der Waals surface area contributed by atoms with Gasteiger partial charge in [-0.1, -0.05) is 48.6 Å². The largest absolute Gasteiger partial charge is 0.494 e. The van der Waals surface area contributed by atoms with Crippen LogP contribution in [0.3, 0.4) is 0 Å². The summed E-state index contributed by atoms with van der Waals surface area (Å²) >= 11 is 1.55. The highest BCUT2D eigenvalue weighted by Crippen LogP contribution is 2.37. The lowest BCUT2D eigenvalue weighted by molar-refractivity contribution is -0.118. The molecule has 158 valence electrons. The zero-order chi connectivity index (χ0) is 21.1. The number of aromatic nitrogens is 1. The van der Waals surface area contributed by atoms with Crippen molar-refractivity contribution in [3.63, 3.8) is 0 Å². The lowest BCUT2D eigenvalue weighted by Crippen LogP contribution is -2.38. The highest BCUT2D eigenvalue weighted by atomic mass is 32.1. The Balaban J connectivity index is 1.65. The fraction of sp³-hybridized carbons (Fsp3) is 0.417. The standard InChI is InChI=1S/C24H28N2O3S/c1-4-17-8-10-18(11-9-17)14-21(27)26(15-19-6-5-13-29-19)24-25-22-20(28-3)12-7-16(2)23(22)30-24/h7-12,19H,4-6,13-15H2,1-3H3. The minimum absolute atomic E-state index is 0.0467. The molecule has 1 unspecified atom stereocenters.